The Bertz CT molecular complexity index is 310. The molecule has 1 aromatic heterocycles. The van der Waals surface area contributed by atoms with Gasteiger partial charge in [0.25, 0.3) is 0 Å². The average Bonchev–Trinajstić information content (AvgIpc) is 2.03. The molecule has 0 unspecified atom stereocenters. The SMILES string of the molecule is O=C(O)C#Cc1ccncn1. The van der Waals surface area contributed by atoms with Crippen LogP contribution in [0.1, 0.15) is 5.69 Å². The molecule has 0 amide bonds. The highest BCUT2D eigenvalue weighted by molar-refractivity contribution is 5.87. The minimum Gasteiger partial charge on any atom is -0.472 e. The lowest BCUT2D eigenvalue weighted by atomic mass is 10.4. The van der Waals surface area contributed by atoms with Crippen molar-refractivity contribution in [2.24, 2.45) is 0 Å². The van der Waals surface area contributed by atoms with Crippen LogP contribution in [0.25, 0.3) is 0 Å². The first kappa shape index (κ1) is 7.22. The molecule has 1 N–H and O–H groups in total. The second-order valence-electron chi connectivity index (χ2n) is 1.65. The quantitative estimate of drug-likeness (QED) is 0.522. The van der Waals surface area contributed by atoms with E-state index in [0.29, 0.717) is 5.69 Å². The fourth-order valence-corrected chi connectivity index (χ4v) is 0.482. The van der Waals surface area contributed by atoms with Crippen LogP contribution in [0.15, 0.2) is 18.6 Å². The molecular weight excluding hydrogens is 144 g/mol. The number of carboxylic acid groups (broad SMARTS) is 1. The molecule has 0 bridgehead atoms. The van der Waals surface area contributed by atoms with Crippen LogP contribution in [0.5, 0.6) is 0 Å². The molecule has 11 heavy (non-hydrogen) atoms. The van der Waals surface area contributed by atoms with E-state index in [4.69, 9.17) is 5.11 Å². The average molecular weight is 148 g/mol. The molecule has 1 aromatic rings. The highest BCUT2D eigenvalue weighted by Crippen LogP contribution is 1.85. The van der Waals surface area contributed by atoms with Gasteiger partial charge in [0.2, 0.25) is 0 Å². The summed E-state index contributed by atoms with van der Waals surface area (Å²) < 4.78 is 0. The van der Waals surface area contributed by atoms with E-state index >= 15 is 0 Å². The summed E-state index contributed by atoms with van der Waals surface area (Å²) in [6.45, 7) is 0. The molecule has 1 rings (SSSR count). The molecule has 4 nitrogen and oxygen atoms in total. The van der Waals surface area contributed by atoms with E-state index in [1.165, 1.54) is 18.6 Å². The standard InChI is InChI=1S/C7H4N2O2/c10-7(11)2-1-6-3-4-8-5-9-6/h3-5H,(H,10,11). The Balaban J connectivity index is 2.83. The molecule has 0 radical (unpaired) electrons. The van der Waals surface area contributed by atoms with Gasteiger partial charge in [0.1, 0.15) is 12.0 Å². The summed E-state index contributed by atoms with van der Waals surface area (Å²) in [6, 6.07) is 1.54. The van der Waals surface area contributed by atoms with Crippen LogP contribution >= 0.6 is 0 Å². The van der Waals surface area contributed by atoms with Crippen LogP contribution in [0, 0.1) is 11.8 Å². The summed E-state index contributed by atoms with van der Waals surface area (Å²) in [5.41, 5.74) is 0.405. The van der Waals surface area contributed by atoms with Crippen LogP contribution < -0.4 is 0 Å². The molecule has 0 atom stereocenters. The van der Waals surface area contributed by atoms with Crippen LogP contribution in [0.3, 0.4) is 0 Å². The number of carbonyl (C=O) groups is 1. The first-order valence-corrected chi connectivity index (χ1v) is 2.80. The normalized spacial score (nSPS) is 8.00. The fourth-order valence-electron chi connectivity index (χ4n) is 0.482. The molecule has 1 heterocycles. The van der Waals surface area contributed by atoms with E-state index in [1.54, 1.807) is 0 Å². The Hall–Kier alpha value is -1.89. The van der Waals surface area contributed by atoms with Crippen LogP contribution in [-0.4, -0.2) is 21.0 Å². The second-order valence-corrected chi connectivity index (χ2v) is 1.65. The molecular formula is C7H4N2O2. The maximum absolute atomic E-state index is 9.96. The van der Waals surface area contributed by atoms with Crippen LogP contribution in [0.4, 0.5) is 0 Å². The first-order chi connectivity index (χ1) is 5.29. The highest BCUT2D eigenvalue weighted by Gasteiger charge is 1.86. The maximum atomic E-state index is 9.96. The molecule has 0 fully saturated rings. The number of carboxylic acids is 1. The lowest BCUT2D eigenvalue weighted by molar-refractivity contribution is -0.130. The molecule has 0 saturated carbocycles. The number of hydrogen-bond acceptors (Lipinski definition) is 3. The summed E-state index contributed by atoms with van der Waals surface area (Å²) >= 11 is 0. The van der Waals surface area contributed by atoms with E-state index in [-0.39, 0.29) is 0 Å². The maximum Gasteiger partial charge on any atom is 0.382 e. The smallest absolute Gasteiger partial charge is 0.382 e. The first-order valence-electron chi connectivity index (χ1n) is 2.80. The summed E-state index contributed by atoms with van der Waals surface area (Å²) in [5.74, 6) is 3.12. The molecule has 0 saturated heterocycles. The number of hydrogen-bond donors (Lipinski definition) is 1. The van der Waals surface area contributed by atoms with Gasteiger partial charge >= 0.3 is 5.97 Å². The van der Waals surface area contributed by atoms with Gasteiger partial charge in [0.15, 0.2) is 0 Å². The molecule has 0 aromatic carbocycles. The third-order valence-corrected chi connectivity index (χ3v) is 0.879. The molecule has 0 aliphatic heterocycles. The predicted molar refractivity (Wildman–Crippen MR) is 36.5 cm³/mol. The number of rotatable bonds is 0. The summed E-state index contributed by atoms with van der Waals surface area (Å²) in [5, 5.41) is 8.16. The van der Waals surface area contributed by atoms with Gasteiger partial charge in [-0.25, -0.2) is 14.8 Å². The Labute approximate surface area is 62.9 Å². The topological polar surface area (TPSA) is 63.1 Å². The third kappa shape index (κ3) is 2.45. The van der Waals surface area contributed by atoms with Gasteiger partial charge in [-0.05, 0) is 12.0 Å². The van der Waals surface area contributed by atoms with E-state index in [1.807, 2.05) is 5.92 Å². The lowest BCUT2D eigenvalue weighted by Crippen LogP contribution is -1.88. The van der Waals surface area contributed by atoms with Gasteiger partial charge in [-0.2, -0.15) is 0 Å². The predicted octanol–water partition coefficient (Wildman–Crippen LogP) is -0.0873. The van der Waals surface area contributed by atoms with Gasteiger partial charge in [-0.1, -0.05) is 0 Å². The van der Waals surface area contributed by atoms with Gasteiger partial charge in [0, 0.05) is 12.1 Å². The van der Waals surface area contributed by atoms with E-state index in [0.717, 1.165) is 0 Å². The minimum absolute atomic E-state index is 0.405. The van der Waals surface area contributed by atoms with Crippen LogP contribution in [-0.2, 0) is 4.79 Å². The van der Waals surface area contributed by atoms with Crippen molar-refractivity contribution in [1.82, 2.24) is 9.97 Å². The summed E-state index contributed by atoms with van der Waals surface area (Å²) in [6.07, 6.45) is 2.81. The van der Waals surface area contributed by atoms with Crippen molar-refractivity contribution >= 4 is 5.97 Å². The van der Waals surface area contributed by atoms with Gasteiger partial charge in [0.05, 0.1) is 0 Å². The zero-order valence-corrected chi connectivity index (χ0v) is 5.48. The lowest BCUT2D eigenvalue weighted by Gasteiger charge is -1.82. The van der Waals surface area contributed by atoms with Crippen molar-refractivity contribution in [3.63, 3.8) is 0 Å². The van der Waals surface area contributed by atoms with Gasteiger partial charge in [-0.3, -0.25) is 0 Å². The monoisotopic (exact) mass is 148 g/mol. The second kappa shape index (κ2) is 3.32. The molecule has 0 spiro atoms. The van der Waals surface area contributed by atoms with Crippen molar-refractivity contribution in [3.05, 3.63) is 24.3 Å². The van der Waals surface area contributed by atoms with Crippen molar-refractivity contribution in [2.75, 3.05) is 0 Å². The Morgan fingerprint density at radius 3 is 3.00 bits per heavy atom. The van der Waals surface area contributed by atoms with Crippen molar-refractivity contribution in [3.8, 4) is 11.8 Å². The summed E-state index contributed by atoms with van der Waals surface area (Å²) in [4.78, 5) is 17.3. The molecule has 4 heteroatoms. The van der Waals surface area contributed by atoms with E-state index in [9.17, 15) is 4.79 Å². The van der Waals surface area contributed by atoms with Crippen molar-refractivity contribution in [2.45, 2.75) is 0 Å². The van der Waals surface area contributed by atoms with E-state index < -0.39 is 5.97 Å². The Kier molecular flexibility index (Phi) is 2.18. The zero-order valence-electron chi connectivity index (χ0n) is 5.48. The van der Waals surface area contributed by atoms with Crippen molar-refractivity contribution in [1.29, 1.82) is 0 Å². The largest absolute Gasteiger partial charge is 0.472 e. The molecule has 54 valence electrons. The molecule has 0 aliphatic rings. The molecule has 0 aliphatic carbocycles. The number of aliphatic carboxylic acids is 1. The van der Waals surface area contributed by atoms with Crippen molar-refractivity contribution < 1.29 is 9.90 Å². The number of nitrogens with zero attached hydrogens (tertiary/aromatic N) is 2. The fraction of sp³-hybridized carbons (Fsp3) is 0. The third-order valence-electron chi connectivity index (χ3n) is 0.879. The van der Waals surface area contributed by atoms with Gasteiger partial charge < -0.3 is 5.11 Å². The highest BCUT2D eigenvalue weighted by atomic mass is 16.4. The Morgan fingerprint density at radius 2 is 2.45 bits per heavy atom. The Morgan fingerprint density at radius 1 is 1.64 bits per heavy atom. The minimum atomic E-state index is -1.16. The van der Waals surface area contributed by atoms with Gasteiger partial charge in [-0.15, -0.1) is 0 Å². The van der Waals surface area contributed by atoms with Crippen LogP contribution in [0.2, 0.25) is 0 Å². The number of aromatic nitrogens is 2. The van der Waals surface area contributed by atoms with E-state index in [2.05, 4.69) is 15.9 Å². The zero-order chi connectivity index (χ0) is 8.10. The summed E-state index contributed by atoms with van der Waals surface area (Å²) in [7, 11) is 0.